The van der Waals surface area contributed by atoms with Crippen LogP contribution in [0.5, 0.6) is 0 Å². The molecule has 0 unspecified atom stereocenters. The molecule has 0 aromatic carbocycles. The Morgan fingerprint density at radius 3 is 3.04 bits per heavy atom. The van der Waals surface area contributed by atoms with Crippen LogP contribution in [0.1, 0.15) is 33.9 Å². The Bertz CT molecular complexity index is 778. The largest absolute Gasteiger partial charge is 0.372 e. The summed E-state index contributed by atoms with van der Waals surface area (Å²) in [5.74, 6) is 0.524. The third-order valence-electron chi connectivity index (χ3n) is 5.75. The van der Waals surface area contributed by atoms with E-state index in [9.17, 15) is 4.79 Å². The number of amides is 1. The molecule has 1 atom stereocenters. The van der Waals surface area contributed by atoms with Gasteiger partial charge in [0.25, 0.3) is 5.91 Å². The SMILES string of the molecule is Cc1ncsc1CN1CC2(C1)OCC[C@H]2CCNC(=O)c1cccn1C. The molecule has 0 aliphatic carbocycles. The van der Waals surface area contributed by atoms with Crippen LogP contribution >= 0.6 is 11.3 Å². The van der Waals surface area contributed by atoms with Crippen molar-refractivity contribution in [3.8, 4) is 0 Å². The molecular formula is C19H26N4O2S. The summed E-state index contributed by atoms with van der Waals surface area (Å²) in [5.41, 5.74) is 3.76. The van der Waals surface area contributed by atoms with Gasteiger partial charge in [0, 0.05) is 50.9 Å². The number of likely N-dealkylation sites (tertiary alicyclic amines) is 1. The minimum Gasteiger partial charge on any atom is -0.372 e. The molecule has 1 amide bonds. The van der Waals surface area contributed by atoms with Crippen molar-refractivity contribution in [1.29, 1.82) is 0 Å². The number of carbonyl (C=O) groups excluding carboxylic acids is 1. The zero-order valence-electron chi connectivity index (χ0n) is 15.4. The lowest BCUT2D eigenvalue weighted by atomic mass is 9.79. The fourth-order valence-corrected chi connectivity index (χ4v) is 5.01. The number of thiazole rings is 1. The highest BCUT2D eigenvalue weighted by atomic mass is 32.1. The summed E-state index contributed by atoms with van der Waals surface area (Å²) in [7, 11) is 1.89. The number of nitrogens with one attached hydrogen (secondary N) is 1. The average molecular weight is 375 g/mol. The normalized spacial score (nSPS) is 21.8. The van der Waals surface area contributed by atoms with Crippen LogP contribution in [0.15, 0.2) is 23.8 Å². The van der Waals surface area contributed by atoms with E-state index >= 15 is 0 Å². The van der Waals surface area contributed by atoms with Crippen LogP contribution in [-0.2, 0) is 18.3 Å². The Morgan fingerprint density at radius 2 is 2.35 bits per heavy atom. The predicted molar refractivity (Wildman–Crippen MR) is 101 cm³/mol. The summed E-state index contributed by atoms with van der Waals surface area (Å²) >= 11 is 1.73. The van der Waals surface area contributed by atoms with E-state index in [-0.39, 0.29) is 11.5 Å². The molecule has 1 spiro atoms. The highest BCUT2D eigenvalue weighted by molar-refractivity contribution is 7.09. The summed E-state index contributed by atoms with van der Waals surface area (Å²) in [5, 5.41) is 3.06. The van der Waals surface area contributed by atoms with E-state index in [0.29, 0.717) is 18.2 Å². The molecule has 2 saturated heterocycles. The lowest BCUT2D eigenvalue weighted by Crippen LogP contribution is -2.64. The van der Waals surface area contributed by atoms with Crippen molar-refractivity contribution in [2.45, 2.75) is 31.9 Å². The van der Waals surface area contributed by atoms with Gasteiger partial charge in [-0.2, -0.15) is 0 Å². The number of hydrogen-bond donors (Lipinski definition) is 1. The number of nitrogens with zero attached hydrogens (tertiary/aromatic N) is 3. The Hall–Kier alpha value is -1.70. The van der Waals surface area contributed by atoms with Crippen LogP contribution in [0.2, 0.25) is 0 Å². The highest BCUT2D eigenvalue weighted by Crippen LogP contribution is 2.42. The number of ether oxygens (including phenoxy) is 1. The minimum absolute atomic E-state index is 0.00127. The Kier molecular flexibility index (Phi) is 4.86. The fourth-order valence-electron chi connectivity index (χ4n) is 4.19. The maximum absolute atomic E-state index is 12.2. The topological polar surface area (TPSA) is 59.4 Å². The van der Waals surface area contributed by atoms with Gasteiger partial charge in [0.2, 0.25) is 0 Å². The van der Waals surface area contributed by atoms with Gasteiger partial charge in [-0.25, -0.2) is 4.98 Å². The molecule has 2 aromatic rings. The first-order valence-corrected chi connectivity index (χ1v) is 10.1. The first-order chi connectivity index (χ1) is 12.6. The van der Waals surface area contributed by atoms with Gasteiger partial charge >= 0.3 is 0 Å². The van der Waals surface area contributed by atoms with Crippen LogP contribution in [0.25, 0.3) is 0 Å². The monoisotopic (exact) mass is 374 g/mol. The molecule has 7 heteroatoms. The van der Waals surface area contributed by atoms with Gasteiger partial charge in [-0.1, -0.05) is 0 Å². The Morgan fingerprint density at radius 1 is 1.50 bits per heavy atom. The van der Waals surface area contributed by atoms with Gasteiger partial charge in [0.1, 0.15) is 5.69 Å². The summed E-state index contributed by atoms with van der Waals surface area (Å²) in [6.45, 7) is 6.56. The van der Waals surface area contributed by atoms with Crippen molar-refractivity contribution >= 4 is 17.2 Å². The molecule has 0 bridgehead atoms. The maximum Gasteiger partial charge on any atom is 0.267 e. The van der Waals surface area contributed by atoms with E-state index in [4.69, 9.17) is 4.74 Å². The second-order valence-corrected chi connectivity index (χ2v) is 8.39. The van der Waals surface area contributed by atoms with E-state index in [0.717, 1.165) is 44.8 Å². The van der Waals surface area contributed by atoms with Crippen molar-refractivity contribution in [2.24, 2.45) is 13.0 Å². The maximum atomic E-state index is 12.2. The van der Waals surface area contributed by atoms with Crippen molar-refractivity contribution in [1.82, 2.24) is 19.8 Å². The highest BCUT2D eigenvalue weighted by Gasteiger charge is 2.52. The van der Waals surface area contributed by atoms with Crippen LogP contribution in [0.4, 0.5) is 0 Å². The molecule has 2 aliphatic rings. The first kappa shape index (κ1) is 17.7. The number of carbonyl (C=O) groups is 1. The second kappa shape index (κ2) is 7.13. The van der Waals surface area contributed by atoms with Gasteiger partial charge in [-0.15, -0.1) is 11.3 Å². The van der Waals surface area contributed by atoms with Gasteiger partial charge in [0.15, 0.2) is 0 Å². The number of hydrogen-bond acceptors (Lipinski definition) is 5. The lowest BCUT2D eigenvalue weighted by Gasteiger charge is -2.50. The molecular weight excluding hydrogens is 348 g/mol. The van der Waals surface area contributed by atoms with Gasteiger partial charge in [0.05, 0.1) is 16.8 Å². The van der Waals surface area contributed by atoms with Gasteiger partial charge < -0.3 is 14.6 Å². The summed E-state index contributed by atoms with van der Waals surface area (Å²) < 4.78 is 7.99. The van der Waals surface area contributed by atoms with Crippen molar-refractivity contribution in [2.75, 3.05) is 26.2 Å². The average Bonchev–Trinajstić information content (AvgIpc) is 3.29. The molecule has 4 heterocycles. The third-order valence-corrected chi connectivity index (χ3v) is 6.67. The zero-order chi connectivity index (χ0) is 18.1. The fraction of sp³-hybridized carbons (Fsp3) is 0.579. The van der Waals surface area contributed by atoms with E-state index in [2.05, 4.69) is 22.1 Å². The molecule has 2 aliphatic heterocycles. The molecule has 140 valence electrons. The van der Waals surface area contributed by atoms with Crippen molar-refractivity contribution in [3.63, 3.8) is 0 Å². The standard InChI is InChI=1S/C19H26N4O2S/c1-14-17(26-13-21-14)10-23-11-19(12-23)15(6-9-25-19)5-7-20-18(24)16-4-3-8-22(16)2/h3-4,8,13,15H,5-7,9-12H2,1-2H3,(H,20,24)/t15-/m1/s1. The molecule has 0 radical (unpaired) electrons. The molecule has 2 aromatic heterocycles. The van der Waals surface area contributed by atoms with E-state index < -0.39 is 0 Å². The van der Waals surface area contributed by atoms with E-state index in [1.165, 1.54) is 4.88 Å². The van der Waals surface area contributed by atoms with E-state index in [1.54, 1.807) is 11.3 Å². The van der Waals surface area contributed by atoms with Crippen LogP contribution < -0.4 is 5.32 Å². The molecule has 4 rings (SSSR count). The number of aromatic nitrogens is 2. The Balaban J connectivity index is 1.26. The number of aryl methyl sites for hydroxylation is 2. The minimum atomic E-state index is -0.00566. The third kappa shape index (κ3) is 3.31. The van der Waals surface area contributed by atoms with Crippen molar-refractivity contribution in [3.05, 3.63) is 40.1 Å². The van der Waals surface area contributed by atoms with Crippen LogP contribution in [0.3, 0.4) is 0 Å². The number of rotatable bonds is 6. The van der Waals surface area contributed by atoms with Gasteiger partial charge in [-0.05, 0) is 37.8 Å². The summed E-state index contributed by atoms with van der Waals surface area (Å²) in [6, 6.07) is 3.74. The predicted octanol–water partition coefficient (Wildman–Crippen LogP) is 2.20. The zero-order valence-corrected chi connectivity index (χ0v) is 16.2. The Labute approximate surface area is 158 Å². The molecule has 6 nitrogen and oxygen atoms in total. The quantitative estimate of drug-likeness (QED) is 0.842. The lowest BCUT2D eigenvalue weighted by molar-refractivity contribution is -0.136. The van der Waals surface area contributed by atoms with Crippen molar-refractivity contribution < 1.29 is 9.53 Å². The molecule has 26 heavy (non-hydrogen) atoms. The molecule has 2 fully saturated rings. The van der Waals surface area contributed by atoms with E-state index in [1.807, 2.05) is 35.5 Å². The summed E-state index contributed by atoms with van der Waals surface area (Å²) in [6.07, 6.45) is 3.96. The smallest absolute Gasteiger partial charge is 0.267 e. The summed E-state index contributed by atoms with van der Waals surface area (Å²) in [4.78, 5) is 20.4. The van der Waals surface area contributed by atoms with Crippen LogP contribution in [-0.4, -0.2) is 52.2 Å². The molecule has 1 N–H and O–H groups in total. The molecule has 0 saturated carbocycles. The van der Waals surface area contributed by atoms with Crippen LogP contribution in [0, 0.1) is 12.8 Å². The first-order valence-electron chi connectivity index (χ1n) is 9.22. The second-order valence-electron chi connectivity index (χ2n) is 7.45. The van der Waals surface area contributed by atoms with Gasteiger partial charge in [-0.3, -0.25) is 9.69 Å².